The zero-order chi connectivity index (χ0) is 17.6. The van der Waals surface area contributed by atoms with Crippen molar-refractivity contribution in [1.82, 2.24) is 0 Å². The van der Waals surface area contributed by atoms with Crippen LogP contribution < -0.4 is 0 Å². The zero-order valence-corrected chi connectivity index (χ0v) is 14.7. The fourth-order valence-corrected chi connectivity index (χ4v) is 3.66. The second-order valence-corrected chi connectivity index (χ2v) is 10.7. The van der Waals surface area contributed by atoms with Crippen molar-refractivity contribution in [2.45, 2.75) is 57.7 Å². The van der Waals surface area contributed by atoms with E-state index in [-0.39, 0.29) is 6.42 Å². The van der Waals surface area contributed by atoms with Crippen molar-refractivity contribution >= 4 is 8.32 Å². The van der Waals surface area contributed by atoms with Crippen molar-refractivity contribution in [3.8, 4) is 0 Å². The van der Waals surface area contributed by atoms with E-state index in [4.69, 9.17) is 4.43 Å². The highest BCUT2D eigenvalue weighted by atomic mass is 28.4. The van der Waals surface area contributed by atoms with Gasteiger partial charge in [0.25, 0.3) is 0 Å². The highest BCUT2D eigenvalue weighted by Gasteiger charge is 2.25. The van der Waals surface area contributed by atoms with Crippen LogP contribution in [0.3, 0.4) is 0 Å². The van der Waals surface area contributed by atoms with Gasteiger partial charge in [0.15, 0.2) is 31.6 Å². The standard InChI is InChI=1S/C16H23F5OSi/c1-22-23(2,3)10-8-6-4-5-7-9-11-12(17)14(19)16(21)15(20)13(11)18/h4-10H2,1-3H3. The zero-order valence-electron chi connectivity index (χ0n) is 13.7. The molecule has 1 nitrogen and oxygen atoms in total. The maximum atomic E-state index is 13.5. The molecule has 0 atom stereocenters. The second-order valence-electron chi connectivity index (χ2n) is 6.28. The molecule has 132 valence electrons. The molecule has 0 saturated heterocycles. The van der Waals surface area contributed by atoms with Gasteiger partial charge in [-0.15, -0.1) is 0 Å². The lowest BCUT2D eigenvalue weighted by atomic mass is 10.0. The Hall–Kier alpha value is -0.953. The van der Waals surface area contributed by atoms with Crippen molar-refractivity contribution < 1.29 is 26.4 Å². The van der Waals surface area contributed by atoms with Crippen LogP contribution in [0, 0.1) is 29.1 Å². The molecular weight excluding hydrogens is 331 g/mol. The van der Waals surface area contributed by atoms with Crippen molar-refractivity contribution in [3.05, 3.63) is 34.6 Å². The van der Waals surface area contributed by atoms with Crippen LogP contribution in [0.2, 0.25) is 19.1 Å². The second kappa shape index (κ2) is 8.77. The van der Waals surface area contributed by atoms with Crippen LogP contribution in [-0.4, -0.2) is 15.4 Å². The molecule has 0 radical (unpaired) electrons. The molecule has 0 heterocycles. The highest BCUT2D eigenvalue weighted by molar-refractivity contribution is 6.71. The van der Waals surface area contributed by atoms with Gasteiger partial charge in [0.1, 0.15) is 0 Å². The largest absolute Gasteiger partial charge is 0.420 e. The van der Waals surface area contributed by atoms with Gasteiger partial charge in [-0.25, -0.2) is 22.0 Å². The van der Waals surface area contributed by atoms with Gasteiger partial charge in [0.05, 0.1) is 0 Å². The number of benzene rings is 1. The van der Waals surface area contributed by atoms with Gasteiger partial charge in [-0.2, -0.15) is 0 Å². The molecule has 1 aromatic carbocycles. The van der Waals surface area contributed by atoms with Crippen molar-refractivity contribution in [2.75, 3.05) is 7.11 Å². The first-order valence-electron chi connectivity index (χ1n) is 7.76. The van der Waals surface area contributed by atoms with E-state index >= 15 is 0 Å². The number of hydrogen-bond acceptors (Lipinski definition) is 1. The van der Waals surface area contributed by atoms with E-state index < -0.39 is 43.0 Å². The minimum atomic E-state index is -2.10. The summed E-state index contributed by atoms with van der Waals surface area (Å²) in [5.74, 6) is -9.27. The van der Waals surface area contributed by atoms with Crippen LogP contribution in [0.1, 0.15) is 37.7 Å². The van der Waals surface area contributed by atoms with Gasteiger partial charge >= 0.3 is 0 Å². The summed E-state index contributed by atoms with van der Waals surface area (Å²) in [5.41, 5.74) is -0.714. The van der Waals surface area contributed by atoms with Crippen LogP contribution in [0.4, 0.5) is 22.0 Å². The monoisotopic (exact) mass is 354 g/mol. The van der Waals surface area contributed by atoms with Crippen molar-refractivity contribution in [2.24, 2.45) is 0 Å². The third kappa shape index (κ3) is 5.56. The fourth-order valence-electron chi connectivity index (χ4n) is 2.35. The maximum Gasteiger partial charge on any atom is 0.200 e. The SMILES string of the molecule is CO[Si](C)(C)CCCCCCCc1c(F)c(F)c(F)c(F)c1F. The lowest BCUT2D eigenvalue weighted by Crippen LogP contribution is -2.27. The Balaban J connectivity index is 2.40. The van der Waals surface area contributed by atoms with Gasteiger partial charge in [-0.1, -0.05) is 25.7 Å². The van der Waals surface area contributed by atoms with Gasteiger partial charge in [-0.05, 0) is 32.0 Å². The summed E-state index contributed by atoms with van der Waals surface area (Å²) in [6.45, 7) is 4.27. The molecule has 0 N–H and O–H groups in total. The minimum Gasteiger partial charge on any atom is -0.420 e. The molecule has 1 aromatic rings. The molecule has 0 aliphatic heterocycles. The predicted octanol–water partition coefficient (Wildman–Crippen LogP) is 5.73. The lowest BCUT2D eigenvalue weighted by Gasteiger charge is -2.19. The van der Waals surface area contributed by atoms with Crippen LogP contribution in [0.15, 0.2) is 0 Å². The van der Waals surface area contributed by atoms with E-state index in [0.717, 1.165) is 25.3 Å². The normalized spacial score (nSPS) is 12.0. The molecule has 0 aromatic heterocycles. The first-order valence-corrected chi connectivity index (χ1v) is 10.9. The van der Waals surface area contributed by atoms with Crippen LogP contribution in [-0.2, 0) is 10.8 Å². The van der Waals surface area contributed by atoms with Crippen LogP contribution in [0.25, 0.3) is 0 Å². The molecule has 23 heavy (non-hydrogen) atoms. The number of hydrogen-bond donors (Lipinski definition) is 0. The molecule has 0 aliphatic carbocycles. The summed E-state index contributed by atoms with van der Waals surface area (Å²) in [7, 11) is 0.169. The Kier molecular flexibility index (Phi) is 7.67. The van der Waals surface area contributed by atoms with Crippen LogP contribution in [0.5, 0.6) is 0 Å². The van der Waals surface area contributed by atoms with Gasteiger partial charge in [0, 0.05) is 12.7 Å². The molecule has 0 aliphatic rings. The van der Waals surface area contributed by atoms with Gasteiger partial charge in [-0.3, -0.25) is 0 Å². The van der Waals surface area contributed by atoms with E-state index in [2.05, 4.69) is 13.1 Å². The van der Waals surface area contributed by atoms with E-state index in [0.29, 0.717) is 12.8 Å². The molecule has 0 bridgehead atoms. The van der Waals surface area contributed by atoms with Crippen molar-refractivity contribution in [3.63, 3.8) is 0 Å². The fraction of sp³-hybridized carbons (Fsp3) is 0.625. The molecular formula is C16H23F5OSi. The van der Waals surface area contributed by atoms with Crippen molar-refractivity contribution in [1.29, 1.82) is 0 Å². The van der Waals surface area contributed by atoms with Crippen LogP contribution >= 0.6 is 0 Å². The molecule has 0 unspecified atom stereocenters. The third-order valence-corrected chi connectivity index (χ3v) is 6.72. The summed E-state index contributed by atoms with van der Waals surface area (Å²) < 4.78 is 71.4. The third-order valence-electron chi connectivity index (χ3n) is 4.06. The first kappa shape index (κ1) is 20.1. The summed E-state index contributed by atoms with van der Waals surface area (Å²) in [6.07, 6.45) is 3.79. The van der Waals surface area contributed by atoms with Gasteiger partial charge in [0.2, 0.25) is 5.82 Å². The Morgan fingerprint density at radius 1 is 0.696 bits per heavy atom. The summed E-state index contributed by atoms with van der Waals surface area (Å²) in [6, 6.07) is 1.04. The van der Waals surface area contributed by atoms with Gasteiger partial charge < -0.3 is 4.43 Å². The average molecular weight is 354 g/mol. The predicted molar refractivity (Wildman–Crippen MR) is 82.3 cm³/mol. The molecule has 0 amide bonds. The Morgan fingerprint density at radius 3 is 1.65 bits per heavy atom. The first-order chi connectivity index (χ1) is 10.7. The molecule has 0 saturated carbocycles. The Morgan fingerprint density at radius 2 is 1.13 bits per heavy atom. The minimum absolute atomic E-state index is 0.149. The number of rotatable bonds is 9. The molecule has 0 fully saturated rings. The smallest absolute Gasteiger partial charge is 0.200 e. The maximum absolute atomic E-state index is 13.5. The summed E-state index contributed by atoms with van der Waals surface area (Å²) >= 11 is 0. The quantitative estimate of drug-likeness (QED) is 0.181. The molecule has 0 spiro atoms. The Bertz CT molecular complexity index is 505. The van der Waals surface area contributed by atoms with E-state index in [9.17, 15) is 22.0 Å². The average Bonchev–Trinajstić information content (AvgIpc) is 2.53. The topological polar surface area (TPSA) is 9.23 Å². The number of halogens is 5. The van der Waals surface area contributed by atoms with E-state index in [1.54, 1.807) is 7.11 Å². The van der Waals surface area contributed by atoms with E-state index in [1.807, 2.05) is 0 Å². The lowest BCUT2D eigenvalue weighted by molar-refractivity contribution is 0.368. The van der Waals surface area contributed by atoms with E-state index in [1.165, 1.54) is 0 Å². The Labute approximate surface area is 135 Å². The molecule has 7 heteroatoms. The summed E-state index contributed by atoms with van der Waals surface area (Å²) in [4.78, 5) is 0. The highest BCUT2D eigenvalue weighted by Crippen LogP contribution is 2.24. The number of unbranched alkanes of at least 4 members (excludes halogenated alkanes) is 4. The molecule has 1 rings (SSSR count). The summed E-state index contributed by atoms with van der Waals surface area (Å²) in [5, 5.41) is 0.